The molecule has 0 saturated carbocycles. The van der Waals surface area contributed by atoms with Crippen LogP contribution in [0.4, 0.5) is 0 Å². The van der Waals surface area contributed by atoms with Crippen LogP contribution < -0.4 is 5.32 Å². The molecular weight excluding hydrogens is 326 g/mol. The van der Waals surface area contributed by atoms with Crippen LogP contribution in [-0.2, 0) is 16.0 Å². The molecule has 0 heterocycles. The molecule has 4 heteroatoms. The van der Waals surface area contributed by atoms with Gasteiger partial charge in [0.25, 0.3) is 5.91 Å². The molecule has 3 rings (SSSR count). The molecule has 0 aliphatic carbocycles. The minimum atomic E-state index is -0.743. The van der Waals surface area contributed by atoms with Crippen LogP contribution in [0.1, 0.15) is 21.5 Å². The van der Waals surface area contributed by atoms with Gasteiger partial charge in [-0.25, -0.2) is 4.79 Å². The van der Waals surface area contributed by atoms with Crippen molar-refractivity contribution >= 4 is 22.6 Å². The largest absolute Gasteiger partial charge is 0.467 e. The Morgan fingerprint density at radius 3 is 2.42 bits per heavy atom. The molecule has 0 aliphatic heterocycles. The Morgan fingerprint density at radius 2 is 1.65 bits per heavy atom. The van der Waals surface area contributed by atoms with Gasteiger partial charge >= 0.3 is 5.97 Å². The predicted octanol–water partition coefficient (Wildman–Crippen LogP) is 3.66. The number of benzene rings is 3. The number of ether oxygens (including phenoxy) is 1. The lowest BCUT2D eigenvalue weighted by atomic mass is 10.00. The first kappa shape index (κ1) is 17.7. The molecule has 26 heavy (non-hydrogen) atoms. The minimum absolute atomic E-state index is 0.286. The van der Waals surface area contributed by atoms with E-state index < -0.39 is 12.0 Å². The monoisotopic (exact) mass is 347 g/mol. The van der Waals surface area contributed by atoms with Crippen molar-refractivity contribution in [1.29, 1.82) is 0 Å². The number of carbonyl (C=O) groups excluding carboxylic acids is 2. The normalized spacial score (nSPS) is 11.8. The average Bonchev–Trinajstić information content (AvgIpc) is 2.67. The number of hydrogen-bond donors (Lipinski definition) is 1. The van der Waals surface area contributed by atoms with Crippen LogP contribution in [0.15, 0.2) is 66.7 Å². The van der Waals surface area contributed by atoms with E-state index in [1.807, 2.05) is 67.6 Å². The maximum Gasteiger partial charge on any atom is 0.328 e. The van der Waals surface area contributed by atoms with Crippen LogP contribution in [0.5, 0.6) is 0 Å². The van der Waals surface area contributed by atoms with Gasteiger partial charge in [-0.3, -0.25) is 4.79 Å². The van der Waals surface area contributed by atoms with Crippen LogP contribution >= 0.6 is 0 Å². The molecule has 0 aliphatic rings. The summed E-state index contributed by atoms with van der Waals surface area (Å²) < 4.78 is 4.90. The lowest BCUT2D eigenvalue weighted by Crippen LogP contribution is -2.43. The van der Waals surface area contributed by atoms with Crippen molar-refractivity contribution in [1.82, 2.24) is 5.32 Å². The standard InChI is InChI=1S/C22H21NO3/c1-15-8-3-4-10-17(15)14-20(22(25)26-2)23-21(24)19-13-7-11-16-9-5-6-12-18(16)19/h3-13,20H,14H2,1-2H3,(H,23,24)/t20-/m1/s1. The lowest BCUT2D eigenvalue weighted by molar-refractivity contribution is -0.142. The van der Waals surface area contributed by atoms with Crippen molar-refractivity contribution in [2.45, 2.75) is 19.4 Å². The van der Waals surface area contributed by atoms with Gasteiger partial charge in [0.15, 0.2) is 0 Å². The third kappa shape index (κ3) is 3.75. The molecule has 1 atom stereocenters. The van der Waals surface area contributed by atoms with E-state index in [2.05, 4.69) is 5.32 Å². The Labute approximate surface area is 152 Å². The highest BCUT2D eigenvalue weighted by Crippen LogP contribution is 2.19. The third-order valence-electron chi connectivity index (χ3n) is 4.51. The highest BCUT2D eigenvalue weighted by Gasteiger charge is 2.23. The summed E-state index contributed by atoms with van der Waals surface area (Å²) in [6.45, 7) is 1.98. The summed E-state index contributed by atoms with van der Waals surface area (Å²) in [5.74, 6) is -0.743. The lowest BCUT2D eigenvalue weighted by Gasteiger charge is -2.18. The molecule has 1 N–H and O–H groups in total. The van der Waals surface area contributed by atoms with Gasteiger partial charge in [-0.15, -0.1) is 0 Å². The Hall–Kier alpha value is -3.14. The first-order chi connectivity index (χ1) is 12.6. The van der Waals surface area contributed by atoms with Gasteiger partial charge in [0.05, 0.1) is 7.11 Å². The van der Waals surface area contributed by atoms with E-state index in [0.717, 1.165) is 21.9 Å². The van der Waals surface area contributed by atoms with Crippen molar-refractivity contribution in [2.75, 3.05) is 7.11 Å². The molecule has 132 valence electrons. The molecule has 0 aromatic heterocycles. The molecule has 3 aromatic carbocycles. The smallest absolute Gasteiger partial charge is 0.328 e. The summed E-state index contributed by atoms with van der Waals surface area (Å²) in [4.78, 5) is 25.1. The fourth-order valence-electron chi connectivity index (χ4n) is 3.05. The summed E-state index contributed by atoms with van der Waals surface area (Å²) in [5, 5.41) is 4.67. The van der Waals surface area contributed by atoms with E-state index >= 15 is 0 Å². The number of aryl methyl sites for hydroxylation is 1. The van der Waals surface area contributed by atoms with Gasteiger partial charge < -0.3 is 10.1 Å². The van der Waals surface area contributed by atoms with Crippen molar-refractivity contribution in [3.05, 3.63) is 83.4 Å². The number of carbonyl (C=O) groups is 2. The second-order valence-corrected chi connectivity index (χ2v) is 6.21. The summed E-state index contributed by atoms with van der Waals surface area (Å²) in [5.41, 5.74) is 2.61. The van der Waals surface area contributed by atoms with Crippen molar-refractivity contribution < 1.29 is 14.3 Å². The van der Waals surface area contributed by atoms with Gasteiger partial charge in [-0.1, -0.05) is 60.7 Å². The number of amides is 1. The zero-order valence-corrected chi connectivity index (χ0v) is 14.9. The fraction of sp³-hybridized carbons (Fsp3) is 0.182. The zero-order valence-electron chi connectivity index (χ0n) is 14.9. The topological polar surface area (TPSA) is 55.4 Å². The second kappa shape index (κ2) is 7.83. The van der Waals surface area contributed by atoms with Gasteiger partial charge in [0.1, 0.15) is 6.04 Å². The van der Waals surface area contributed by atoms with Crippen LogP contribution in [-0.4, -0.2) is 25.0 Å². The van der Waals surface area contributed by atoms with E-state index in [9.17, 15) is 9.59 Å². The molecule has 0 radical (unpaired) electrons. The highest BCUT2D eigenvalue weighted by molar-refractivity contribution is 6.08. The Balaban J connectivity index is 1.88. The van der Waals surface area contributed by atoms with E-state index in [4.69, 9.17) is 4.74 Å². The number of hydrogen-bond acceptors (Lipinski definition) is 3. The second-order valence-electron chi connectivity index (χ2n) is 6.21. The average molecular weight is 347 g/mol. The van der Waals surface area contributed by atoms with Crippen LogP contribution in [0, 0.1) is 6.92 Å². The molecule has 0 unspecified atom stereocenters. The molecule has 0 saturated heterocycles. The number of nitrogens with one attached hydrogen (secondary N) is 1. The van der Waals surface area contributed by atoms with E-state index in [1.165, 1.54) is 7.11 Å². The quantitative estimate of drug-likeness (QED) is 0.717. The number of methoxy groups -OCH3 is 1. The summed E-state index contributed by atoms with van der Waals surface area (Å²) in [7, 11) is 1.33. The van der Waals surface area contributed by atoms with Crippen molar-refractivity contribution in [2.24, 2.45) is 0 Å². The van der Waals surface area contributed by atoms with Crippen LogP contribution in [0.2, 0.25) is 0 Å². The molecule has 4 nitrogen and oxygen atoms in total. The molecular formula is C22H21NO3. The summed E-state index contributed by atoms with van der Waals surface area (Å²) in [6.07, 6.45) is 0.385. The number of rotatable bonds is 5. The molecule has 0 bridgehead atoms. The molecule has 3 aromatic rings. The molecule has 1 amide bonds. The first-order valence-corrected chi connectivity index (χ1v) is 8.51. The maximum atomic E-state index is 12.8. The number of esters is 1. The molecule has 0 fully saturated rings. The van der Waals surface area contributed by atoms with Gasteiger partial charge in [0.2, 0.25) is 0 Å². The third-order valence-corrected chi connectivity index (χ3v) is 4.51. The van der Waals surface area contributed by atoms with Gasteiger partial charge in [0, 0.05) is 12.0 Å². The Morgan fingerprint density at radius 1 is 0.962 bits per heavy atom. The highest BCUT2D eigenvalue weighted by atomic mass is 16.5. The van der Waals surface area contributed by atoms with E-state index in [0.29, 0.717) is 12.0 Å². The molecule has 0 spiro atoms. The van der Waals surface area contributed by atoms with E-state index in [1.54, 1.807) is 6.07 Å². The number of fused-ring (bicyclic) bond motifs is 1. The van der Waals surface area contributed by atoms with Crippen LogP contribution in [0.25, 0.3) is 10.8 Å². The van der Waals surface area contributed by atoms with Crippen LogP contribution in [0.3, 0.4) is 0 Å². The summed E-state index contributed by atoms with van der Waals surface area (Å²) >= 11 is 0. The Bertz CT molecular complexity index is 944. The SMILES string of the molecule is COC(=O)[C@@H](Cc1ccccc1C)NC(=O)c1cccc2ccccc12. The maximum absolute atomic E-state index is 12.8. The minimum Gasteiger partial charge on any atom is -0.467 e. The predicted molar refractivity (Wildman–Crippen MR) is 102 cm³/mol. The first-order valence-electron chi connectivity index (χ1n) is 8.51. The van der Waals surface area contributed by atoms with Gasteiger partial charge in [-0.2, -0.15) is 0 Å². The summed E-state index contributed by atoms with van der Waals surface area (Å²) in [6, 6.07) is 20.3. The Kier molecular flexibility index (Phi) is 5.32. The van der Waals surface area contributed by atoms with Crippen molar-refractivity contribution in [3.8, 4) is 0 Å². The van der Waals surface area contributed by atoms with Gasteiger partial charge in [-0.05, 0) is 34.9 Å². The fourth-order valence-corrected chi connectivity index (χ4v) is 3.05. The van der Waals surface area contributed by atoms with E-state index in [-0.39, 0.29) is 5.91 Å². The zero-order chi connectivity index (χ0) is 18.5. The van der Waals surface area contributed by atoms with Crippen molar-refractivity contribution in [3.63, 3.8) is 0 Å².